The van der Waals surface area contributed by atoms with E-state index in [-0.39, 0.29) is 46.9 Å². The molecular weight excluding hydrogens is 563 g/mol. The van der Waals surface area contributed by atoms with Gasteiger partial charge in [0.05, 0.1) is 0 Å². The van der Waals surface area contributed by atoms with Crippen LogP contribution in [0.2, 0.25) is 0 Å². The van der Waals surface area contributed by atoms with Crippen molar-refractivity contribution in [3.63, 3.8) is 0 Å². The summed E-state index contributed by atoms with van der Waals surface area (Å²) < 4.78 is 14.9. The van der Waals surface area contributed by atoms with Crippen LogP contribution in [0.1, 0.15) is 5.56 Å². The second-order valence-corrected chi connectivity index (χ2v) is 7.43. The van der Waals surface area contributed by atoms with Crippen molar-refractivity contribution in [2.45, 2.75) is 10.5 Å². The molecule has 2 heterocycles. The van der Waals surface area contributed by atoms with E-state index < -0.39 is 0 Å². The Labute approximate surface area is 148 Å². The van der Waals surface area contributed by atoms with E-state index in [4.69, 9.17) is 9.47 Å². The summed E-state index contributed by atoms with van der Waals surface area (Å²) in [6.45, 7) is 0. The van der Waals surface area contributed by atoms with E-state index in [1.54, 1.807) is 12.3 Å². The third-order valence-electron chi connectivity index (χ3n) is 2.51. The molecule has 4 nitrogen and oxygen atoms in total. The Kier molecular flexibility index (Phi) is 5.50. The van der Waals surface area contributed by atoms with Crippen LogP contribution in [0.4, 0.5) is 0 Å². The molecule has 1 saturated heterocycles. The Bertz CT molecular complexity index is 520. The minimum absolute atomic E-state index is 0. The normalized spacial score (nSPS) is 19.1. The van der Waals surface area contributed by atoms with E-state index in [1.165, 1.54) is 0 Å². The quantitative estimate of drug-likeness (QED) is 0.0579. The molecule has 7 heteroatoms. The van der Waals surface area contributed by atoms with Gasteiger partial charge in [0.25, 0.3) is 0 Å². The van der Waals surface area contributed by atoms with Crippen LogP contribution < -0.4 is 34.5 Å². The summed E-state index contributed by atoms with van der Waals surface area (Å²) in [7, 11) is 0. The summed E-state index contributed by atoms with van der Waals surface area (Å²) >= 11 is 2.05. The fourth-order valence-electron chi connectivity index (χ4n) is 1.58. The van der Waals surface area contributed by atoms with Crippen LogP contribution in [0.3, 0.4) is 0 Å². The molecule has 1 aromatic rings. The molecule has 0 aromatic heterocycles. The molecule has 1 radical (unpaired) electrons. The fraction of sp³-hybridized carbons (Fsp3) is 0.167. The number of benzene rings is 1. The van der Waals surface area contributed by atoms with Gasteiger partial charge >= 0.3 is 130 Å². The Morgan fingerprint density at radius 2 is 2.37 bits per heavy atom. The number of allylic oxidation sites excluding steroid dienone is 1. The standard InChI is InChI=1S/C12H9I2NO3.Rh/c13-10(11-14-15-11)12(16)18-8-3-4-9-7(6-8)2-1-5-17-9;/h1,3-6,11,15H,2H2;/q-2;. The molecule has 1 aromatic carbocycles. The zero-order valence-corrected chi connectivity index (χ0v) is 15.4. The van der Waals surface area contributed by atoms with Gasteiger partial charge in [0.1, 0.15) is 0 Å². The first-order chi connectivity index (χ1) is 8.74. The molecule has 1 unspecified atom stereocenters. The minimum atomic E-state index is -0.252. The van der Waals surface area contributed by atoms with Crippen LogP contribution in [0.15, 0.2) is 30.5 Å². The summed E-state index contributed by atoms with van der Waals surface area (Å²) in [5.74, 6) is 1.15. The summed E-state index contributed by atoms with van der Waals surface area (Å²) in [5, 5.41) is 0. The molecule has 2 aliphatic rings. The van der Waals surface area contributed by atoms with Crippen molar-refractivity contribution in [3.05, 3.63) is 40.0 Å². The molecule has 2 aliphatic heterocycles. The van der Waals surface area contributed by atoms with Crippen LogP contribution in [0.25, 0.3) is 0 Å². The summed E-state index contributed by atoms with van der Waals surface area (Å²) in [4.78, 5) is 11.8. The Balaban J connectivity index is 0.00000133. The molecule has 1 N–H and O–H groups in total. The van der Waals surface area contributed by atoms with Crippen molar-refractivity contribution in [2.75, 3.05) is 0 Å². The van der Waals surface area contributed by atoms with Gasteiger partial charge in [-0.3, -0.25) is 0 Å². The van der Waals surface area contributed by atoms with Crippen LogP contribution >= 0.6 is 22.6 Å². The molecule has 0 saturated carbocycles. The summed E-state index contributed by atoms with van der Waals surface area (Å²) in [6.07, 6.45) is 4.41. The first kappa shape index (κ1) is 15.5. The van der Waals surface area contributed by atoms with Gasteiger partial charge in [-0.1, -0.05) is 0 Å². The van der Waals surface area contributed by atoms with Gasteiger partial charge in [0.15, 0.2) is 0 Å². The van der Waals surface area contributed by atoms with Crippen LogP contribution in [-0.2, 0) is 30.7 Å². The molecule has 105 valence electrons. The smallest absolute Gasteiger partial charge is 0 e. The Morgan fingerprint density at radius 1 is 1.58 bits per heavy atom. The van der Waals surface area contributed by atoms with Gasteiger partial charge in [-0.15, -0.1) is 0 Å². The van der Waals surface area contributed by atoms with E-state index in [2.05, 4.69) is 26.1 Å². The number of alkyl halides is 1. The zero-order valence-electron chi connectivity index (χ0n) is 9.49. The number of esters is 1. The number of carbonyl (C=O) groups is 1. The SMILES string of the molecule is O=C(Oc1ccc2c(c1)CC=CO2)[C-](I)C1N[I-]1.[Rh]. The minimum Gasteiger partial charge on any atom is 0 e. The molecule has 19 heavy (non-hydrogen) atoms. The van der Waals surface area contributed by atoms with E-state index in [0.717, 1.165) is 21.7 Å². The molecule has 1 fully saturated rings. The van der Waals surface area contributed by atoms with Crippen LogP contribution in [0, 0.1) is 3.92 Å². The zero-order chi connectivity index (χ0) is 12.5. The van der Waals surface area contributed by atoms with E-state index in [1.807, 2.05) is 18.2 Å². The average Bonchev–Trinajstić information content (AvgIpc) is 3.22. The van der Waals surface area contributed by atoms with Crippen molar-refractivity contribution < 1.29 is 55.2 Å². The first-order valence-corrected chi connectivity index (χ1v) is 8.71. The number of halogens is 2. The number of rotatable bonds is 3. The van der Waals surface area contributed by atoms with E-state index >= 15 is 0 Å². The molecule has 3 rings (SSSR count). The predicted octanol–water partition coefficient (Wildman–Crippen LogP) is -1.06. The number of hydrogen-bond donors (Lipinski definition) is 1. The van der Waals surface area contributed by atoms with E-state index in [9.17, 15) is 4.79 Å². The Hall–Kier alpha value is 0.143. The van der Waals surface area contributed by atoms with Gasteiger partial charge in [-0.05, 0) is 0 Å². The third kappa shape index (κ3) is 3.83. The summed E-state index contributed by atoms with van der Waals surface area (Å²) in [5.41, 5.74) is 1.04. The molecule has 1 atom stereocenters. The molecule has 0 aliphatic carbocycles. The van der Waals surface area contributed by atoms with Crippen molar-refractivity contribution in [3.8, 4) is 11.5 Å². The van der Waals surface area contributed by atoms with Crippen LogP contribution in [0.5, 0.6) is 11.5 Å². The number of nitrogens with one attached hydrogen (secondary N) is 1. The molecule has 0 spiro atoms. The summed E-state index contributed by atoms with van der Waals surface area (Å²) in [6, 6.07) is 5.45. The van der Waals surface area contributed by atoms with Gasteiger partial charge in [-0.2, -0.15) is 0 Å². The second-order valence-electron chi connectivity index (χ2n) is 3.78. The van der Waals surface area contributed by atoms with Crippen molar-refractivity contribution in [1.82, 2.24) is 3.53 Å². The predicted molar refractivity (Wildman–Crippen MR) is 69.7 cm³/mol. The maximum atomic E-state index is 11.8. The number of carbonyl (C=O) groups excluding carboxylic acids is 1. The fourth-order valence-corrected chi connectivity index (χ4v) is 4.25. The molecule has 0 bridgehead atoms. The average molecular weight is 572 g/mol. The number of fused-ring (bicyclic) bond motifs is 1. The molecular formula is C12H9I2NO3Rh-2. The monoisotopic (exact) mass is 572 g/mol. The third-order valence-corrected chi connectivity index (χ3v) is 6.63. The van der Waals surface area contributed by atoms with Gasteiger partial charge in [0.2, 0.25) is 0 Å². The second kappa shape index (κ2) is 6.73. The van der Waals surface area contributed by atoms with Crippen LogP contribution in [-0.4, -0.2) is 10.0 Å². The van der Waals surface area contributed by atoms with Crippen molar-refractivity contribution >= 4 is 28.6 Å². The number of ether oxygens (including phenoxy) is 2. The number of hydrogen-bond acceptors (Lipinski definition) is 4. The van der Waals surface area contributed by atoms with E-state index in [0.29, 0.717) is 9.80 Å². The van der Waals surface area contributed by atoms with Gasteiger partial charge in [-0.25, -0.2) is 0 Å². The topological polar surface area (TPSA) is 57.5 Å². The van der Waals surface area contributed by atoms with Gasteiger partial charge in [0, 0.05) is 19.5 Å². The first-order valence-electron chi connectivity index (χ1n) is 5.31. The molecule has 0 amide bonds. The maximum Gasteiger partial charge on any atom is 0 e. The van der Waals surface area contributed by atoms with Gasteiger partial charge < -0.3 is 0 Å². The Morgan fingerprint density at radius 3 is 3.11 bits per heavy atom. The van der Waals surface area contributed by atoms with Crippen molar-refractivity contribution in [1.29, 1.82) is 0 Å². The largest absolute Gasteiger partial charge is 0 e. The maximum absolute atomic E-state index is 11.8. The van der Waals surface area contributed by atoms with Crippen molar-refractivity contribution in [2.24, 2.45) is 0 Å².